The molecule has 2 heterocycles. The van der Waals surface area contributed by atoms with Crippen LogP contribution in [0.5, 0.6) is 6.01 Å². The minimum atomic E-state index is -0.464. The van der Waals surface area contributed by atoms with Crippen LogP contribution in [0.15, 0.2) is 33.9 Å². The maximum Gasteiger partial charge on any atom is 0.332 e. The number of hydrogen-bond acceptors (Lipinski definition) is 4. The molecule has 0 amide bonds. The summed E-state index contributed by atoms with van der Waals surface area (Å²) >= 11 is 5.87. The van der Waals surface area contributed by atoms with Crippen LogP contribution in [0.1, 0.15) is 5.56 Å². The molecule has 7 nitrogen and oxygen atoms in total. The maximum absolute atomic E-state index is 12.8. The first-order valence-electron chi connectivity index (χ1n) is 7.41. The molecule has 128 valence electrons. The largest absolute Gasteiger partial charge is 0.451 e. The Hall–Kier alpha value is -2.98. The van der Waals surface area contributed by atoms with Crippen LogP contribution in [-0.2, 0) is 20.6 Å². The summed E-state index contributed by atoms with van der Waals surface area (Å²) in [5.74, 6) is 2.34. The van der Waals surface area contributed by atoms with Gasteiger partial charge in [0.1, 0.15) is 0 Å². The fraction of sp³-hybridized carbons (Fsp3) is 0.235. The van der Waals surface area contributed by atoms with Crippen LogP contribution < -0.4 is 16.0 Å². The van der Waals surface area contributed by atoms with Crippen LogP contribution in [0.25, 0.3) is 11.2 Å². The van der Waals surface area contributed by atoms with Gasteiger partial charge in [-0.05, 0) is 17.7 Å². The molecular weight excluding hydrogens is 344 g/mol. The van der Waals surface area contributed by atoms with Crippen LogP contribution in [-0.4, -0.2) is 25.3 Å². The van der Waals surface area contributed by atoms with Crippen molar-refractivity contribution in [3.8, 4) is 18.4 Å². The van der Waals surface area contributed by atoms with Crippen LogP contribution in [0, 0.1) is 12.3 Å². The van der Waals surface area contributed by atoms with Crippen molar-refractivity contribution in [1.29, 1.82) is 0 Å². The lowest BCUT2D eigenvalue weighted by Gasteiger charge is -2.08. The first kappa shape index (κ1) is 16.9. The number of aromatic nitrogens is 4. The Bertz CT molecular complexity index is 1100. The molecule has 25 heavy (non-hydrogen) atoms. The molecule has 0 N–H and O–H groups in total. The molecule has 0 unspecified atom stereocenters. The number of nitrogens with zero attached hydrogens (tertiary/aromatic N) is 4. The molecule has 0 bridgehead atoms. The van der Waals surface area contributed by atoms with Gasteiger partial charge in [-0.1, -0.05) is 29.7 Å². The van der Waals surface area contributed by atoms with E-state index < -0.39 is 11.2 Å². The second-order valence-electron chi connectivity index (χ2n) is 5.48. The molecule has 0 spiro atoms. The lowest BCUT2D eigenvalue weighted by atomic mass is 10.2. The highest BCUT2D eigenvalue weighted by molar-refractivity contribution is 6.30. The Morgan fingerprint density at radius 3 is 2.52 bits per heavy atom. The highest BCUT2D eigenvalue weighted by Gasteiger charge is 2.19. The molecule has 0 atom stereocenters. The highest BCUT2D eigenvalue weighted by atomic mass is 35.5. The van der Waals surface area contributed by atoms with Gasteiger partial charge in [-0.25, -0.2) is 4.79 Å². The number of ether oxygens (including phenoxy) is 1. The number of fused-ring (bicyclic) bond motifs is 1. The van der Waals surface area contributed by atoms with Crippen molar-refractivity contribution in [3.63, 3.8) is 0 Å². The molecule has 1 aromatic carbocycles. The predicted molar refractivity (Wildman–Crippen MR) is 95.1 cm³/mol. The Balaban J connectivity index is 2.18. The monoisotopic (exact) mass is 358 g/mol. The molecule has 0 fully saturated rings. The molecule has 0 aliphatic heterocycles. The van der Waals surface area contributed by atoms with Gasteiger partial charge < -0.3 is 4.74 Å². The van der Waals surface area contributed by atoms with Gasteiger partial charge in [0.25, 0.3) is 11.6 Å². The molecule has 0 radical (unpaired) electrons. The number of imidazole rings is 1. The highest BCUT2D eigenvalue weighted by Crippen LogP contribution is 2.16. The molecule has 2 aromatic heterocycles. The van der Waals surface area contributed by atoms with Crippen molar-refractivity contribution in [2.45, 2.75) is 6.54 Å². The van der Waals surface area contributed by atoms with Crippen molar-refractivity contribution in [3.05, 3.63) is 55.7 Å². The van der Waals surface area contributed by atoms with Crippen LogP contribution in [0.2, 0.25) is 5.02 Å². The van der Waals surface area contributed by atoms with Crippen LogP contribution in [0.4, 0.5) is 0 Å². The van der Waals surface area contributed by atoms with Crippen molar-refractivity contribution in [2.24, 2.45) is 14.1 Å². The van der Waals surface area contributed by atoms with E-state index >= 15 is 0 Å². The summed E-state index contributed by atoms with van der Waals surface area (Å²) < 4.78 is 9.29. The molecule has 3 aromatic rings. The Morgan fingerprint density at radius 1 is 1.20 bits per heavy atom. The third-order valence-electron chi connectivity index (χ3n) is 3.86. The number of rotatable bonds is 4. The summed E-state index contributed by atoms with van der Waals surface area (Å²) in [4.78, 5) is 29.6. The minimum Gasteiger partial charge on any atom is -0.451 e. The average Bonchev–Trinajstić information content (AvgIpc) is 2.93. The van der Waals surface area contributed by atoms with E-state index in [1.54, 1.807) is 38.4 Å². The van der Waals surface area contributed by atoms with Gasteiger partial charge in [0.2, 0.25) is 0 Å². The Morgan fingerprint density at radius 2 is 1.88 bits per heavy atom. The predicted octanol–water partition coefficient (Wildman–Crippen LogP) is 1.15. The van der Waals surface area contributed by atoms with Crippen molar-refractivity contribution < 1.29 is 4.74 Å². The lowest BCUT2D eigenvalue weighted by Crippen LogP contribution is -2.39. The summed E-state index contributed by atoms with van der Waals surface area (Å²) in [6.45, 7) is 0.147. The van der Waals surface area contributed by atoms with Crippen molar-refractivity contribution in [2.75, 3.05) is 6.61 Å². The van der Waals surface area contributed by atoms with E-state index in [4.69, 9.17) is 22.8 Å². The molecule has 3 rings (SSSR count). The van der Waals surface area contributed by atoms with Gasteiger partial charge in [0, 0.05) is 19.1 Å². The van der Waals surface area contributed by atoms with Crippen LogP contribution in [0.3, 0.4) is 0 Å². The van der Waals surface area contributed by atoms with E-state index in [0.717, 1.165) is 10.1 Å². The summed E-state index contributed by atoms with van der Waals surface area (Å²) in [6, 6.07) is 7.14. The number of halogens is 1. The number of aryl methyl sites for hydroxylation is 2. The van der Waals surface area contributed by atoms with Crippen molar-refractivity contribution in [1.82, 2.24) is 18.7 Å². The number of hydrogen-bond donors (Lipinski definition) is 0. The minimum absolute atomic E-state index is 0.0179. The quantitative estimate of drug-likeness (QED) is 0.656. The van der Waals surface area contributed by atoms with Gasteiger partial charge in [-0.3, -0.25) is 18.5 Å². The van der Waals surface area contributed by atoms with Gasteiger partial charge >= 0.3 is 5.69 Å². The number of terminal acetylenes is 1. The summed E-state index contributed by atoms with van der Waals surface area (Å²) in [6.07, 6.45) is 5.18. The first-order chi connectivity index (χ1) is 11.9. The average molecular weight is 359 g/mol. The van der Waals surface area contributed by atoms with E-state index in [-0.39, 0.29) is 30.3 Å². The zero-order chi connectivity index (χ0) is 18.1. The Kier molecular flexibility index (Phi) is 4.38. The van der Waals surface area contributed by atoms with Crippen molar-refractivity contribution >= 4 is 22.8 Å². The SMILES string of the molecule is C#CCOc1nc2c(c(=O)n(Cc3ccc(Cl)cc3)c(=O)n2C)n1C. The Labute approximate surface area is 148 Å². The zero-order valence-electron chi connectivity index (χ0n) is 13.7. The van der Waals surface area contributed by atoms with E-state index in [9.17, 15) is 9.59 Å². The number of benzene rings is 1. The van der Waals surface area contributed by atoms with E-state index in [0.29, 0.717) is 5.02 Å². The van der Waals surface area contributed by atoms with E-state index in [1.807, 2.05) is 0 Å². The molecule has 8 heteroatoms. The molecule has 0 saturated heterocycles. The smallest absolute Gasteiger partial charge is 0.332 e. The van der Waals surface area contributed by atoms with Gasteiger partial charge in [-0.2, -0.15) is 4.98 Å². The zero-order valence-corrected chi connectivity index (χ0v) is 14.4. The molecular formula is C17H15ClN4O3. The lowest BCUT2D eigenvalue weighted by molar-refractivity contribution is 0.330. The first-order valence-corrected chi connectivity index (χ1v) is 7.78. The summed E-state index contributed by atoms with van der Waals surface area (Å²) in [7, 11) is 3.19. The second kappa shape index (κ2) is 6.49. The fourth-order valence-corrected chi connectivity index (χ4v) is 2.70. The topological polar surface area (TPSA) is 71.1 Å². The molecule has 0 saturated carbocycles. The molecule has 0 aliphatic rings. The fourth-order valence-electron chi connectivity index (χ4n) is 2.57. The molecule has 0 aliphatic carbocycles. The van der Waals surface area contributed by atoms with E-state index in [1.165, 1.54) is 9.13 Å². The summed E-state index contributed by atoms with van der Waals surface area (Å²) in [5.41, 5.74) is 0.390. The third kappa shape index (κ3) is 2.92. The maximum atomic E-state index is 12.8. The van der Waals surface area contributed by atoms with Gasteiger partial charge in [-0.15, -0.1) is 6.42 Å². The van der Waals surface area contributed by atoms with Gasteiger partial charge in [0.05, 0.1) is 6.54 Å². The summed E-state index contributed by atoms with van der Waals surface area (Å²) in [5, 5.41) is 0.585. The standard InChI is InChI=1S/C17H15ClN4O3/c1-4-9-25-16-19-14-13(20(16)2)15(23)22(17(24)21(14)3)10-11-5-7-12(18)8-6-11/h1,5-8H,9-10H2,2-3H3. The third-order valence-corrected chi connectivity index (χ3v) is 4.11. The van der Waals surface area contributed by atoms with Crippen LogP contribution >= 0.6 is 11.6 Å². The van der Waals surface area contributed by atoms with E-state index in [2.05, 4.69) is 10.9 Å². The normalized spacial score (nSPS) is 10.8. The van der Waals surface area contributed by atoms with Gasteiger partial charge in [0.15, 0.2) is 17.8 Å². The second-order valence-corrected chi connectivity index (χ2v) is 5.91.